The maximum Gasteiger partial charge on any atom is 0.308 e. The summed E-state index contributed by atoms with van der Waals surface area (Å²) in [5.74, 6) is -1.46. The lowest BCUT2D eigenvalue weighted by molar-refractivity contribution is -0.141. The van der Waals surface area contributed by atoms with E-state index in [0.717, 1.165) is 11.1 Å². The third kappa shape index (κ3) is 3.23. The highest BCUT2D eigenvalue weighted by atomic mass is 16.4. The van der Waals surface area contributed by atoms with E-state index in [-0.39, 0.29) is 12.5 Å². The predicted octanol–water partition coefficient (Wildman–Crippen LogP) is 2.60. The number of likely N-dealkylation sites (tertiary alicyclic amines) is 1. The van der Waals surface area contributed by atoms with Gasteiger partial charge in [0.25, 0.3) is 5.91 Å². The van der Waals surface area contributed by atoms with E-state index in [1.54, 1.807) is 11.1 Å². The molecular weight excluding hydrogens is 292 g/mol. The van der Waals surface area contributed by atoms with E-state index < -0.39 is 11.9 Å². The molecule has 1 aromatic heterocycles. The Hall–Kier alpha value is -2.69. The molecule has 5 nitrogen and oxygen atoms in total. The minimum absolute atomic E-state index is 0.157. The van der Waals surface area contributed by atoms with Gasteiger partial charge in [0.15, 0.2) is 0 Å². The Labute approximate surface area is 134 Å². The zero-order valence-electron chi connectivity index (χ0n) is 12.9. The number of benzene rings is 1. The topological polar surface area (TPSA) is 70.5 Å². The molecule has 0 bridgehead atoms. The lowest BCUT2D eigenvalue weighted by Gasteiger charge is -2.16. The van der Waals surface area contributed by atoms with Gasteiger partial charge in [0, 0.05) is 31.0 Å². The highest BCUT2D eigenvalue weighted by molar-refractivity contribution is 5.95. The number of rotatable bonds is 3. The van der Waals surface area contributed by atoms with Gasteiger partial charge in [0.1, 0.15) is 0 Å². The number of carbonyl (C=O) groups is 2. The molecule has 3 rings (SSSR count). The van der Waals surface area contributed by atoms with Gasteiger partial charge < -0.3 is 10.0 Å². The van der Waals surface area contributed by atoms with Gasteiger partial charge in [-0.2, -0.15) is 0 Å². The van der Waals surface area contributed by atoms with Crippen LogP contribution in [0.3, 0.4) is 0 Å². The van der Waals surface area contributed by atoms with Crippen LogP contribution in [0.25, 0.3) is 11.1 Å². The van der Waals surface area contributed by atoms with Gasteiger partial charge in [-0.15, -0.1) is 0 Å². The third-order valence-corrected chi connectivity index (χ3v) is 4.19. The molecule has 1 aliphatic rings. The number of aliphatic carboxylic acids is 1. The zero-order chi connectivity index (χ0) is 16.4. The van der Waals surface area contributed by atoms with Crippen molar-refractivity contribution < 1.29 is 14.7 Å². The predicted molar refractivity (Wildman–Crippen MR) is 86.1 cm³/mol. The fourth-order valence-electron chi connectivity index (χ4n) is 2.79. The van der Waals surface area contributed by atoms with Crippen molar-refractivity contribution in [1.29, 1.82) is 0 Å². The number of aryl methyl sites for hydroxylation is 1. The number of carboxylic acids is 1. The van der Waals surface area contributed by atoms with Crippen LogP contribution in [0.2, 0.25) is 0 Å². The van der Waals surface area contributed by atoms with Crippen molar-refractivity contribution in [3.8, 4) is 11.1 Å². The van der Waals surface area contributed by atoms with Crippen LogP contribution in [0.1, 0.15) is 22.3 Å². The Kier molecular flexibility index (Phi) is 4.10. The Morgan fingerprint density at radius 2 is 1.91 bits per heavy atom. The van der Waals surface area contributed by atoms with Crippen molar-refractivity contribution in [1.82, 2.24) is 9.88 Å². The molecule has 0 spiro atoms. The van der Waals surface area contributed by atoms with Crippen LogP contribution in [-0.2, 0) is 4.79 Å². The molecule has 1 fully saturated rings. The van der Waals surface area contributed by atoms with Crippen LogP contribution in [-0.4, -0.2) is 40.0 Å². The van der Waals surface area contributed by atoms with E-state index in [0.29, 0.717) is 18.5 Å². The first-order valence-corrected chi connectivity index (χ1v) is 7.59. The summed E-state index contributed by atoms with van der Waals surface area (Å²) < 4.78 is 0. The Bertz CT molecular complexity index is 740. The van der Waals surface area contributed by atoms with Gasteiger partial charge >= 0.3 is 5.97 Å². The minimum Gasteiger partial charge on any atom is -0.481 e. The number of pyridine rings is 1. The van der Waals surface area contributed by atoms with E-state index in [1.165, 1.54) is 11.8 Å². The summed E-state index contributed by atoms with van der Waals surface area (Å²) in [5, 5.41) is 9.05. The lowest BCUT2D eigenvalue weighted by Crippen LogP contribution is -2.30. The van der Waals surface area contributed by atoms with Crippen molar-refractivity contribution in [2.24, 2.45) is 5.92 Å². The molecule has 23 heavy (non-hydrogen) atoms. The largest absolute Gasteiger partial charge is 0.481 e. The highest BCUT2D eigenvalue weighted by Gasteiger charge is 2.31. The molecule has 1 N–H and O–H groups in total. The second kappa shape index (κ2) is 6.20. The number of hydrogen-bond donors (Lipinski definition) is 1. The van der Waals surface area contributed by atoms with Gasteiger partial charge in [-0.25, -0.2) is 0 Å². The Morgan fingerprint density at radius 3 is 2.57 bits per heavy atom. The molecule has 5 heteroatoms. The van der Waals surface area contributed by atoms with E-state index in [9.17, 15) is 9.59 Å². The molecule has 1 aliphatic heterocycles. The van der Waals surface area contributed by atoms with E-state index >= 15 is 0 Å². The SMILES string of the molecule is Cc1ccc(-c2cncc(C(=O)N3CC[C@H](C(=O)O)C3)c2)cc1. The maximum atomic E-state index is 12.5. The van der Waals surface area contributed by atoms with Crippen molar-refractivity contribution >= 4 is 11.9 Å². The molecule has 1 aromatic carbocycles. The van der Waals surface area contributed by atoms with Gasteiger partial charge in [-0.1, -0.05) is 29.8 Å². The Balaban J connectivity index is 1.81. The van der Waals surface area contributed by atoms with Crippen molar-refractivity contribution in [3.63, 3.8) is 0 Å². The summed E-state index contributed by atoms with van der Waals surface area (Å²) in [7, 11) is 0. The molecule has 1 amide bonds. The van der Waals surface area contributed by atoms with Crippen LogP contribution in [0.15, 0.2) is 42.7 Å². The van der Waals surface area contributed by atoms with E-state index in [4.69, 9.17) is 5.11 Å². The average molecular weight is 310 g/mol. The smallest absolute Gasteiger partial charge is 0.308 e. The molecule has 0 saturated carbocycles. The minimum atomic E-state index is -0.841. The molecule has 1 atom stereocenters. The summed E-state index contributed by atoms with van der Waals surface area (Å²) in [4.78, 5) is 29.3. The maximum absolute atomic E-state index is 12.5. The second-order valence-corrected chi connectivity index (χ2v) is 5.90. The molecule has 2 heterocycles. The lowest BCUT2D eigenvalue weighted by atomic mass is 10.0. The van der Waals surface area contributed by atoms with Crippen molar-refractivity contribution in [2.75, 3.05) is 13.1 Å². The number of amides is 1. The van der Waals surface area contributed by atoms with Crippen LogP contribution in [0, 0.1) is 12.8 Å². The summed E-state index contributed by atoms with van der Waals surface area (Å²) in [6, 6.07) is 9.84. The fourth-order valence-corrected chi connectivity index (χ4v) is 2.79. The van der Waals surface area contributed by atoms with E-state index in [1.807, 2.05) is 37.3 Å². The van der Waals surface area contributed by atoms with Crippen LogP contribution in [0.5, 0.6) is 0 Å². The first kappa shape index (κ1) is 15.2. The molecule has 118 valence electrons. The molecule has 2 aromatic rings. The molecule has 0 radical (unpaired) electrons. The molecule has 0 unspecified atom stereocenters. The average Bonchev–Trinajstić information content (AvgIpc) is 3.05. The standard InChI is InChI=1S/C18H18N2O3/c1-12-2-4-13(5-3-12)15-8-16(10-19-9-15)17(21)20-7-6-14(11-20)18(22)23/h2-5,8-10,14H,6-7,11H2,1H3,(H,22,23)/t14-/m0/s1. The first-order valence-electron chi connectivity index (χ1n) is 7.59. The third-order valence-electron chi connectivity index (χ3n) is 4.19. The van der Waals surface area contributed by atoms with Gasteiger partial charge in [-0.05, 0) is 25.0 Å². The highest BCUT2D eigenvalue weighted by Crippen LogP contribution is 2.23. The summed E-state index contributed by atoms with van der Waals surface area (Å²) in [6.45, 7) is 2.77. The quantitative estimate of drug-likeness (QED) is 0.946. The zero-order valence-corrected chi connectivity index (χ0v) is 12.9. The number of aromatic nitrogens is 1. The number of carbonyl (C=O) groups excluding carboxylic acids is 1. The second-order valence-electron chi connectivity index (χ2n) is 5.90. The van der Waals surface area contributed by atoms with Gasteiger partial charge in [0.05, 0.1) is 11.5 Å². The monoisotopic (exact) mass is 310 g/mol. The Morgan fingerprint density at radius 1 is 1.17 bits per heavy atom. The number of hydrogen-bond acceptors (Lipinski definition) is 3. The van der Waals surface area contributed by atoms with Gasteiger partial charge in [-0.3, -0.25) is 14.6 Å². The number of nitrogens with zero attached hydrogens (tertiary/aromatic N) is 2. The normalized spacial score (nSPS) is 17.3. The van der Waals surface area contributed by atoms with Crippen molar-refractivity contribution in [3.05, 3.63) is 53.9 Å². The van der Waals surface area contributed by atoms with Gasteiger partial charge in [0.2, 0.25) is 0 Å². The molecule has 0 aliphatic carbocycles. The summed E-state index contributed by atoms with van der Waals surface area (Å²) in [6.07, 6.45) is 3.77. The summed E-state index contributed by atoms with van der Waals surface area (Å²) >= 11 is 0. The van der Waals surface area contributed by atoms with Crippen molar-refractivity contribution in [2.45, 2.75) is 13.3 Å². The molecular formula is C18H18N2O3. The van der Waals surface area contributed by atoms with Crippen LogP contribution < -0.4 is 0 Å². The summed E-state index contributed by atoms with van der Waals surface area (Å²) in [5.41, 5.74) is 3.55. The molecule has 1 saturated heterocycles. The first-order chi connectivity index (χ1) is 11.0. The van der Waals surface area contributed by atoms with E-state index in [2.05, 4.69) is 4.98 Å². The van der Waals surface area contributed by atoms with Crippen LogP contribution >= 0.6 is 0 Å². The van der Waals surface area contributed by atoms with Crippen LogP contribution in [0.4, 0.5) is 0 Å². The fraction of sp³-hybridized carbons (Fsp3) is 0.278. The number of carboxylic acid groups (broad SMARTS) is 1.